The van der Waals surface area contributed by atoms with Crippen LogP contribution in [0.25, 0.3) is 0 Å². The van der Waals surface area contributed by atoms with Gasteiger partial charge in [0.1, 0.15) is 0 Å². The molecule has 2 fully saturated rings. The number of morpholine rings is 1. The van der Waals surface area contributed by atoms with Crippen LogP contribution < -0.4 is 0 Å². The molecule has 1 aromatic carbocycles. The van der Waals surface area contributed by atoms with Crippen molar-refractivity contribution in [2.24, 2.45) is 5.92 Å². The van der Waals surface area contributed by atoms with E-state index in [2.05, 4.69) is 13.8 Å². The van der Waals surface area contributed by atoms with Crippen molar-refractivity contribution in [3.05, 3.63) is 29.8 Å². The Hall–Kier alpha value is -1.97. The van der Waals surface area contributed by atoms with Crippen LogP contribution in [0.15, 0.2) is 29.2 Å². The molecule has 0 unspecified atom stereocenters. The minimum atomic E-state index is -3.50. The van der Waals surface area contributed by atoms with E-state index in [0.29, 0.717) is 77.7 Å². The maximum Gasteiger partial charge on any atom is 0.243 e. The minimum absolute atomic E-state index is 0.0734. The van der Waals surface area contributed by atoms with Crippen LogP contribution in [0, 0.1) is 5.92 Å². The normalized spacial score (nSPS) is 18.2. The quantitative estimate of drug-likeness (QED) is 0.584. The summed E-state index contributed by atoms with van der Waals surface area (Å²) >= 11 is 0. The van der Waals surface area contributed by atoms with Crippen LogP contribution in [0.1, 0.15) is 38.7 Å². The smallest absolute Gasteiger partial charge is 0.243 e. The fourth-order valence-electron chi connectivity index (χ4n) is 3.95. The van der Waals surface area contributed by atoms with E-state index in [0.717, 1.165) is 12.0 Å². The van der Waals surface area contributed by atoms with Gasteiger partial charge in [0, 0.05) is 52.1 Å². The van der Waals surface area contributed by atoms with Crippen LogP contribution in [-0.2, 0) is 30.8 Å². The molecule has 0 bridgehead atoms. The average Bonchev–Trinajstić information content (AvgIpc) is 2.82. The lowest BCUT2D eigenvalue weighted by Crippen LogP contribution is -2.50. The summed E-state index contributed by atoms with van der Waals surface area (Å²) in [5.74, 6) is 0.762. The highest BCUT2D eigenvalue weighted by Crippen LogP contribution is 2.18. The molecule has 2 amide bonds. The number of nitrogens with zero attached hydrogens (tertiary/aromatic N) is 3. The zero-order valence-electron chi connectivity index (χ0n) is 19.2. The molecule has 8 nitrogen and oxygen atoms in total. The predicted octanol–water partition coefficient (Wildman–Crippen LogP) is 1.75. The second-order valence-electron chi connectivity index (χ2n) is 8.85. The number of carbonyl (C=O) groups excluding carboxylic acids is 2. The van der Waals surface area contributed by atoms with Crippen molar-refractivity contribution < 1.29 is 22.7 Å². The monoisotopic (exact) mass is 465 g/mol. The molecule has 0 aromatic heterocycles. The first-order chi connectivity index (χ1) is 15.3. The third-order valence-corrected chi connectivity index (χ3v) is 7.99. The summed E-state index contributed by atoms with van der Waals surface area (Å²) < 4.78 is 32.1. The number of benzene rings is 1. The molecular weight excluding hydrogens is 430 g/mol. The van der Waals surface area contributed by atoms with E-state index in [1.165, 1.54) is 4.31 Å². The molecule has 2 aliphatic rings. The Labute approximate surface area is 191 Å². The first-order valence-corrected chi connectivity index (χ1v) is 12.9. The van der Waals surface area contributed by atoms with E-state index in [1.54, 1.807) is 24.3 Å². The van der Waals surface area contributed by atoms with Crippen LogP contribution >= 0.6 is 0 Å². The van der Waals surface area contributed by atoms with Crippen LogP contribution in [0.2, 0.25) is 0 Å². The third-order valence-electron chi connectivity index (χ3n) is 6.08. The highest BCUT2D eigenvalue weighted by atomic mass is 32.2. The van der Waals surface area contributed by atoms with Gasteiger partial charge in [-0.2, -0.15) is 4.31 Å². The number of hydrogen-bond acceptors (Lipinski definition) is 5. The van der Waals surface area contributed by atoms with Crippen LogP contribution in [0.4, 0.5) is 0 Å². The zero-order chi connectivity index (χ0) is 23.1. The number of amides is 2. The van der Waals surface area contributed by atoms with Gasteiger partial charge in [0.25, 0.3) is 0 Å². The van der Waals surface area contributed by atoms with Crippen molar-refractivity contribution in [3.63, 3.8) is 0 Å². The minimum Gasteiger partial charge on any atom is -0.379 e. The molecule has 1 aromatic rings. The van der Waals surface area contributed by atoms with Gasteiger partial charge in [-0.25, -0.2) is 8.42 Å². The predicted molar refractivity (Wildman–Crippen MR) is 122 cm³/mol. The highest BCUT2D eigenvalue weighted by molar-refractivity contribution is 7.89. The summed E-state index contributed by atoms with van der Waals surface area (Å²) in [6.45, 7) is 8.13. The number of hydrogen-bond donors (Lipinski definition) is 0. The summed E-state index contributed by atoms with van der Waals surface area (Å²) in [7, 11) is -3.50. The fourth-order valence-corrected chi connectivity index (χ4v) is 5.36. The van der Waals surface area contributed by atoms with Gasteiger partial charge in [-0.3, -0.25) is 9.59 Å². The number of ether oxygens (including phenoxy) is 1. The molecule has 0 spiro atoms. The number of carbonyl (C=O) groups is 2. The van der Waals surface area contributed by atoms with Crippen LogP contribution in [0.5, 0.6) is 0 Å². The summed E-state index contributed by atoms with van der Waals surface area (Å²) in [4.78, 5) is 28.8. The van der Waals surface area contributed by atoms with Gasteiger partial charge < -0.3 is 14.5 Å². The maximum absolute atomic E-state index is 12.7. The first kappa shape index (κ1) is 24.7. The Morgan fingerprint density at radius 3 is 1.94 bits per heavy atom. The van der Waals surface area contributed by atoms with E-state index in [-0.39, 0.29) is 16.7 Å². The fraction of sp³-hybridized carbons (Fsp3) is 0.652. The van der Waals surface area contributed by atoms with Gasteiger partial charge in [0.15, 0.2) is 0 Å². The lowest BCUT2D eigenvalue weighted by molar-refractivity contribution is -0.139. The van der Waals surface area contributed by atoms with Crippen LogP contribution in [0.3, 0.4) is 0 Å². The number of aryl methyl sites for hydroxylation is 1. The molecule has 2 heterocycles. The molecule has 0 N–H and O–H groups in total. The van der Waals surface area contributed by atoms with E-state index < -0.39 is 10.0 Å². The Morgan fingerprint density at radius 2 is 1.41 bits per heavy atom. The molecule has 2 aliphatic heterocycles. The van der Waals surface area contributed by atoms with E-state index in [4.69, 9.17) is 4.74 Å². The second-order valence-corrected chi connectivity index (χ2v) is 10.8. The molecule has 3 rings (SSSR count). The Morgan fingerprint density at radius 1 is 0.875 bits per heavy atom. The maximum atomic E-state index is 12.7. The van der Waals surface area contributed by atoms with Crippen molar-refractivity contribution in [2.45, 2.75) is 44.4 Å². The molecule has 0 atom stereocenters. The largest absolute Gasteiger partial charge is 0.379 e. The molecule has 0 aliphatic carbocycles. The van der Waals surface area contributed by atoms with Crippen molar-refractivity contribution >= 4 is 21.8 Å². The Bertz CT molecular complexity index is 871. The van der Waals surface area contributed by atoms with Gasteiger partial charge in [-0.1, -0.05) is 26.0 Å². The molecule has 32 heavy (non-hydrogen) atoms. The topological polar surface area (TPSA) is 87.2 Å². The SMILES string of the molecule is CC(C)CCC(=O)N1CCN(C(=O)CCc2ccc(S(=O)(=O)N3CCOCC3)cc2)CC1. The van der Waals surface area contributed by atoms with Gasteiger partial charge in [-0.05, 0) is 36.5 Å². The molecular formula is C23H35N3O5S. The van der Waals surface area contributed by atoms with E-state index in [1.807, 2.05) is 9.80 Å². The standard InChI is InChI=1S/C23H35N3O5S/c1-19(2)3-9-22(27)24-11-13-25(14-12-24)23(28)10-6-20-4-7-21(8-5-20)32(29,30)26-15-17-31-18-16-26/h4-5,7-8,19H,3,6,9-18H2,1-2H3. The van der Waals surface area contributed by atoms with Gasteiger partial charge in [0.2, 0.25) is 21.8 Å². The summed E-state index contributed by atoms with van der Waals surface area (Å²) in [5.41, 5.74) is 0.932. The lowest BCUT2D eigenvalue weighted by Gasteiger charge is -2.35. The molecule has 2 saturated heterocycles. The average molecular weight is 466 g/mol. The van der Waals surface area contributed by atoms with Crippen molar-refractivity contribution in [1.82, 2.24) is 14.1 Å². The van der Waals surface area contributed by atoms with E-state index in [9.17, 15) is 18.0 Å². The van der Waals surface area contributed by atoms with Crippen LogP contribution in [-0.4, -0.2) is 86.8 Å². The van der Waals surface area contributed by atoms with E-state index >= 15 is 0 Å². The number of rotatable bonds is 8. The van der Waals surface area contributed by atoms with Crippen molar-refractivity contribution in [2.75, 3.05) is 52.5 Å². The van der Waals surface area contributed by atoms with Gasteiger partial charge in [0.05, 0.1) is 18.1 Å². The number of piperazine rings is 1. The third kappa shape index (κ3) is 6.52. The second kappa shape index (κ2) is 11.2. The van der Waals surface area contributed by atoms with Crippen molar-refractivity contribution in [1.29, 1.82) is 0 Å². The molecule has 0 radical (unpaired) electrons. The number of sulfonamides is 1. The molecule has 178 valence electrons. The molecule has 9 heteroatoms. The molecule has 0 saturated carbocycles. The highest BCUT2D eigenvalue weighted by Gasteiger charge is 2.26. The first-order valence-electron chi connectivity index (χ1n) is 11.5. The summed E-state index contributed by atoms with van der Waals surface area (Å²) in [6.07, 6.45) is 2.40. The zero-order valence-corrected chi connectivity index (χ0v) is 20.0. The van der Waals surface area contributed by atoms with Gasteiger partial charge in [-0.15, -0.1) is 0 Å². The Kier molecular flexibility index (Phi) is 8.67. The van der Waals surface area contributed by atoms with Gasteiger partial charge >= 0.3 is 0 Å². The summed E-state index contributed by atoms with van der Waals surface area (Å²) in [6, 6.07) is 6.80. The lowest BCUT2D eigenvalue weighted by atomic mass is 10.1. The van der Waals surface area contributed by atoms with Crippen molar-refractivity contribution in [3.8, 4) is 0 Å². The summed E-state index contributed by atoms with van der Waals surface area (Å²) in [5, 5.41) is 0. The Balaban J connectivity index is 1.45.